The standard InChI is InChI=1S/C20H35N5S.HI/c1-4-9-24-10-5-18(6-11-24)23-20(21-3)22-14-16(2)25-12-7-19-17(15-25)8-13-26-19;/h8,13,16,18H,4-7,9-12,14-15H2,1-3H3,(H2,21,22,23);1H. The number of fused-ring (bicyclic) bond motifs is 1. The molecule has 154 valence electrons. The number of hydrogen-bond donors (Lipinski definition) is 2. The number of halogens is 1. The third-order valence-corrected chi connectivity index (χ3v) is 6.74. The van der Waals surface area contributed by atoms with Gasteiger partial charge >= 0.3 is 0 Å². The van der Waals surface area contributed by atoms with Crippen molar-refractivity contribution in [3.63, 3.8) is 0 Å². The Kier molecular flexibility index (Phi) is 9.82. The fraction of sp³-hybridized carbons (Fsp3) is 0.750. The first-order chi connectivity index (χ1) is 12.7. The van der Waals surface area contributed by atoms with Crippen LogP contribution in [0, 0.1) is 0 Å². The molecule has 1 aromatic heterocycles. The minimum Gasteiger partial charge on any atom is -0.355 e. The molecule has 1 fully saturated rings. The summed E-state index contributed by atoms with van der Waals surface area (Å²) < 4.78 is 0. The van der Waals surface area contributed by atoms with Gasteiger partial charge in [-0.25, -0.2) is 0 Å². The summed E-state index contributed by atoms with van der Waals surface area (Å²) in [5, 5.41) is 9.42. The normalized spacial score (nSPS) is 20.6. The first-order valence-corrected chi connectivity index (χ1v) is 11.1. The van der Waals surface area contributed by atoms with Gasteiger partial charge in [0.05, 0.1) is 0 Å². The second-order valence-electron chi connectivity index (χ2n) is 7.65. The molecule has 1 aromatic rings. The van der Waals surface area contributed by atoms with Crippen molar-refractivity contribution in [1.82, 2.24) is 20.4 Å². The van der Waals surface area contributed by atoms with Crippen LogP contribution in [0.15, 0.2) is 16.4 Å². The van der Waals surface area contributed by atoms with E-state index in [1.165, 1.54) is 50.9 Å². The molecule has 3 heterocycles. The second kappa shape index (κ2) is 11.6. The minimum absolute atomic E-state index is 0. The lowest BCUT2D eigenvalue weighted by Crippen LogP contribution is -2.51. The molecule has 3 rings (SSSR count). The van der Waals surface area contributed by atoms with Crippen LogP contribution in [-0.2, 0) is 13.0 Å². The van der Waals surface area contributed by atoms with Gasteiger partial charge in [-0.3, -0.25) is 9.89 Å². The maximum Gasteiger partial charge on any atom is 0.191 e. The summed E-state index contributed by atoms with van der Waals surface area (Å²) in [5.74, 6) is 0.957. The van der Waals surface area contributed by atoms with Gasteiger partial charge in [0, 0.05) is 56.7 Å². The van der Waals surface area contributed by atoms with Crippen LogP contribution in [-0.4, -0.2) is 67.6 Å². The molecule has 27 heavy (non-hydrogen) atoms. The van der Waals surface area contributed by atoms with Crippen LogP contribution in [0.25, 0.3) is 0 Å². The number of rotatable bonds is 6. The highest BCUT2D eigenvalue weighted by molar-refractivity contribution is 14.0. The molecule has 2 aliphatic heterocycles. The molecule has 2 N–H and O–H groups in total. The second-order valence-corrected chi connectivity index (χ2v) is 8.65. The van der Waals surface area contributed by atoms with Gasteiger partial charge < -0.3 is 15.5 Å². The highest BCUT2D eigenvalue weighted by Crippen LogP contribution is 2.24. The zero-order valence-electron chi connectivity index (χ0n) is 17.0. The average Bonchev–Trinajstić information content (AvgIpc) is 3.14. The summed E-state index contributed by atoms with van der Waals surface area (Å²) in [6, 6.07) is 3.35. The highest BCUT2D eigenvalue weighted by Gasteiger charge is 2.22. The molecule has 0 amide bonds. The van der Waals surface area contributed by atoms with E-state index in [2.05, 4.69) is 50.7 Å². The van der Waals surface area contributed by atoms with Crippen molar-refractivity contribution in [3.8, 4) is 0 Å². The van der Waals surface area contributed by atoms with Crippen LogP contribution in [0.3, 0.4) is 0 Å². The molecule has 1 unspecified atom stereocenters. The molecular formula is C20H36IN5S. The van der Waals surface area contributed by atoms with Gasteiger partial charge in [0.1, 0.15) is 0 Å². The predicted octanol–water partition coefficient (Wildman–Crippen LogP) is 3.15. The van der Waals surface area contributed by atoms with Gasteiger partial charge in [-0.05, 0) is 56.2 Å². The molecular weight excluding hydrogens is 469 g/mol. The van der Waals surface area contributed by atoms with E-state index in [1.54, 1.807) is 4.88 Å². The number of aliphatic imine (C=N–C) groups is 1. The van der Waals surface area contributed by atoms with Gasteiger partial charge in [-0.15, -0.1) is 35.3 Å². The molecule has 2 aliphatic rings. The molecule has 0 aliphatic carbocycles. The number of piperidine rings is 1. The summed E-state index contributed by atoms with van der Waals surface area (Å²) >= 11 is 1.91. The van der Waals surface area contributed by atoms with Crippen LogP contribution in [0.5, 0.6) is 0 Å². The maximum atomic E-state index is 4.45. The minimum atomic E-state index is 0. The van der Waals surface area contributed by atoms with E-state index >= 15 is 0 Å². The van der Waals surface area contributed by atoms with Crippen molar-refractivity contribution in [2.75, 3.05) is 39.8 Å². The van der Waals surface area contributed by atoms with Crippen molar-refractivity contribution >= 4 is 41.3 Å². The van der Waals surface area contributed by atoms with E-state index in [0.717, 1.165) is 25.6 Å². The van der Waals surface area contributed by atoms with E-state index in [1.807, 2.05) is 18.4 Å². The van der Waals surface area contributed by atoms with Crippen LogP contribution < -0.4 is 10.6 Å². The Morgan fingerprint density at radius 3 is 2.81 bits per heavy atom. The molecule has 1 atom stereocenters. The number of nitrogens with one attached hydrogen (secondary N) is 2. The monoisotopic (exact) mass is 505 g/mol. The fourth-order valence-corrected chi connectivity index (χ4v) is 4.91. The first kappa shape index (κ1) is 22.9. The Hall–Kier alpha value is -0.380. The molecule has 7 heteroatoms. The number of likely N-dealkylation sites (tertiary alicyclic amines) is 1. The molecule has 1 saturated heterocycles. The zero-order chi connectivity index (χ0) is 18.4. The van der Waals surface area contributed by atoms with Crippen molar-refractivity contribution in [2.24, 2.45) is 4.99 Å². The van der Waals surface area contributed by atoms with Crippen LogP contribution in [0.1, 0.15) is 43.6 Å². The molecule has 0 saturated carbocycles. The van der Waals surface area contributed by atoms with Gasteiger partial charge in [0.15, 0.2) is 5.96 Å². The van der Waals surface area contributed by atoms with Crippen LogP contribution >= 0.6 is 35.3 Å². The van der Waals surface area contributed by atoms with Gasteiger partial charge in [0.25, 0.3) is 0 Å². The Labute approximate surface area is 186 Å². The Morgan fingerprint density at radius 2 is 2.11 bits per heavy atom. The summed E-state index contributed by atoms with van der Waals surface area (Å²) in [7, 11) is 1.88. The van der Waals surface area contributed by atoms with Crippen molar-refractivity contribution in [3.05, 3.63) is 21.9 Å². The van der Waals surface area contributed by atoms with E-state index < -0.39 is 0 Å². The summed E-state index contributed by atoms with van der Waals surface area (Å²) in [4.78, 5) is 11.2. The third-order valence-electron chi connectivity index (χ3n) is 5.72. The Morgan fingerprint density at radius 1 is 1.33 bits per heavy atom. The Balaban J connectivity index is 0.00000261. The molecule has 0 aromatic carbocycles. The summed E-state index contributed by atoms with van der Waals surface area (Å²) in [5.41, 5.74) is 1.52. The highest BCUT2D eigenvalue weighted by atomic mass is 127. The third kappa shape index (κ3) is 6.58. The van der Waals surface area contributed by atoms with Gasteiger partial charge in [-0.2, -0.15) is 0 Å². The van der Waals surface area contributed by atoms with Gasteiger partial charge in [-0.1, -0.05) is 6.92 Å². The van der Waals surface area contributed by atoms with Crippen molar-refractivity contribution in [2.45, 2.75) is 58.2 Å². The van der Waals surface area contributed by atoms with Crippen molar-refractivity contribution in [1.29, 1.82) is 0 Å². The Bertz CT molecular complexity index is 583. The lowest BCUT2D eigenvalue weighted by atomic mass is 10.1. The smallest absolute Gasteiger partial charge is 0.191 e. The largest absolute Gasteiger partial charge is 0.355 e. The van der Waals surface area contributed by atoms with Crippen LogP contribution in [0.4, 0.5) is 0 Å². The summed E-state index contributed by atoms with van der Waals surface area (Å²) in [6.07, 6.45) is 4.87. The zero-order valence-corrected chi connectivity index (χ0v) is 20.2. The summed E-state index contributed by atoms with van der Waals surface area (Å²) in [6.45, 7) is 11.4. The maximum absolute atomic E-state index is 4.45. The average molecular weight is 506 g/mol. The lowest BCUT2D eigenvalue weighted by molar-refractivity contribution is 0.191. The van der Waals surface area contributed by atoms with E-state index in [-0.39, 0.29) is 24.0 Å². The van der Waals surface area contributed by atoms with E-state index in [0.29, 0.717) is 12.1 Å². The molecule has 0 bridgehead atoms. The van der Waals surface area contributed by atoms with E-state index in [4.69, 9.17) is 0 Å². The lowest BCUT2D eigenvalue weighted by Gasteiger charge is -2.34. The van der Waals surface area contributed by atoms with Crippen LogP contribution in [0.2, 0.25) is 0 Å². The topological polar surface area (TPSA) is 42.9 Å². The number of thiophene rings is 1. The molecule has 5 nitrogen and oxygen atoms in total. The molecule has 0 spiro atoms. The number of guanidine groups is 1. The quantitative estimate of drug-likeness (QED) is 0.354. The predicted molar refractivity (Wildman–Crippen MR) is 128 cm³/mol. The van der Waals surface area contributed by atoms with Crippen molar-refractivity contribution < 1.29 is 0 Å². The van der Waals surface area contributed by atoms with Gasteiger partial charge in [0.2, 0.25) is 0 Å². The molecule has 0 radical (unpaired) electrons. The SMILES string of the molecule is CCCN1CCC(NC(=NC)NCC(C)N2CCc3sccc3C2)CC1.I. The first-order valence-electron chi connectivity index (χ1n) is 10.2. The number of nitrogens with zero attached hydrogens (tertiary/aromatic N) is 3. The van der Waals surface area contributed by atoms with E-state index in [9.17, 15) is 0 Å². The fourth-order valence-electron chi connectivity index (χ4n) is 4.03. The number of hydrogen-bond acceptors (Lipinski definition) is 4.